The summed E-state index contributed by atoms with van der Waals surface area (Å²) in [5.74, 6) is 0.375. The average molecular weight is 376 g/mol. The second-order valence-electron chi connectivity index (χ2n) is 5.93. The molecule has 1 aromatic carbocycles. The van der Waals surface area contributed by atoms with Gasteiger partial charge in [0.2, 0.25) is 5.91 Å². The number of benzene rings is 1. The van der Waals surface area contributed by atoms with Gasteiger partial charge in [-0.1, -0.05) is 23.9 Å². The largest absolute Gasteiger partial charge is 0.355 e. The number of carbonyl (C=O) groups is 1. The van der Waals surface area contributed by atoms with E-state index in [0.29, 0.717) is 12.3 Å². The summed E-state index contributed by atoms with van der Waals surface area (Å²) in [4.78, 5) is 16.6. The van der Waals surface area contributed by atoms with Crippen molar-refractivity contribution >= 4 is 39.2 Å². The lowest BCUT2D eigenvalue weighted by molar-refractivity contribution is -0.118. The molecule has 0 radical (unpaired) electrons. The van der Waals surface area contributed by atoms with Gasteiger partial charge in [-0.05, 0) is 32.4 Å². The minimum atomic E-state index is 0.0209. The molecule has 0 aliphatic rings. The molecule has 8 heteroatoms. The Morgan fingerprint density at radius 2 is 2.20 bits per heavy atom. The highest BCUT2D eigenvalue weighted by Crippen LogP contribution is 2.22. The summed E-state index contributed by atoms with van der Waals surface area (Å²) in [6.45, 7) is 4.79. The summed E-state index contributed by atoms with van der Waals surface area (Å²) in [7, 11) is 0. The van der Waals surface area contributed by atoms with Gasteiger partial charge in [-0.3, -0.25) is 4.79 Å². The molecule has 3 rings (SSSR count). The topological polar surface area (TPSA) is 72.7 Å². The highest BCUT2D eigenvalue weighted by molar-refractivity contribution is 7.99. The number of aromatic nitrogens is 4. The zero-order chi connectivity index (χ0) is 17.6. The van der Waals surface area contributed by atoms with Crippen LogP contribution in [-0.4, -0.2) is 38.0 Å². The van der Waals surface area contributed by atoms with Crippen molar-refractivity contribution in [3.63, 3.8) is 0 Å². The quantitative estimate of drug-likeness (QED) is 0.483. The van der Waals surface area contributed by atoms with Crippen molar-refractivity contribution < 1.29 is 4.79 Å². The predicted molar refractivity (Wildman–Crippen MR) is 102 cm³/mol. The number of thiazole rings is 1. The van der Waals surface area contributed by atoms with Crippen LogP contribution in [0.25, 0.3) is 10.2 Å². The van der Waals surface area contributed by atoms with Gasteiger partial charge in [0.15, 0.2) is 5.16 Å². The molecule has 1 N–H and O–H groups in total. The predicted octanol–water partition coefficient (Wildman–Crippen LogP) is 3.31. The van der Waals surface area contributed by atoms with E-state index in [0.717, 1.165) is 28.5 Å². The lowest BCUT2D eigenvalue weighted by Gasteiger charge is -2.09. The van der Waals surface area contributed by atoms with Gasteiger partial charge in [0.05, 0.1) is 21.0 Å². The number of nitrogens with zero attached hydrogens (tertiary/aromatic N) is 4. The maximum atomic E-state index is 12.0. The van der Waals surface area contributed by atoms with E-state index in [-0.39, 0.29) is 11.9 Å². The van der Waals surface area contributed by atoms with Crippen LogP contribution in [0.15, 0.2) is 35.7 Å². The fourth-order valence-electron chi connectivity index (χ4n) is 2.36. The summed E-state index contributed by atoms with van der Waals surface area (Å²) in [5.41, 5.74) is 1.05. The standard InChI is InChI=1S/C17H21N5OS2/c1-12(2)22-11-19-21-17(22)24-10-15(23)18-9-5-8-16-20-13-6-3-4-7-14(13)25-16/h3-4,6-7,11-12H,5,8-10H2,1-2H3,(H,18,23). The molecule has 0 spiro atoms. The van der Waals surface area contributed by atoms with E-state index in [4.69, 9.17) is 0 Å². The van der Waals surface area contributed by atoms with Crippen molar-refractivity contribution in [1.82, 2.24) is 25.1 Å². The van der Waals surface area contributed by atoms with Crippen molar-refractivity contribution in [1.29, 1.82) is 0 Å². The average Bonchev–Trinajstić information content (AvgIpc) is 3.22. The Morgan fingerprint density at radius 3 is 3.00 bits per heavy atom. The van der Waals surface area contributed by atoms with Crippen LogP contribution in [0.1, 0.15) is 31.3 Å². The van der Waals surface area contributed by atoms with Crippen molar-refractivity contribution in [2.45, 2.75) is 37.9 Å². The maximum Gasteiger partial charge on any atom is 0.230 e. The molecule has 132 valence electrons. The summed E-state index contributed by atoms with van der Waals surface area (Å²) in [6.07, 6.45) is 3.47. The first-order chi connectivity index (χ1) is 12.1. The molecule has 0 fully saturated rings. The lowest BCUT2D eigenvalue weighted by Crippen LogP contribution is -2.26. The van der Waals surface area contributed by atoms with Crippen molar-refractivity contribution in [3.8, 4) is 0 Å². The molecule has 0 atom stereocenters. The maximum absolute atomic E-state index is 12.0. The number of hydrogen-bond acceptors (Lipinski definition) is 6. The minimum absolute atomic E-state index is 0.0209. The third kappa shape index (κ3) is 4.79. The molecule has 0 saturated carbocycles. The van der Waals surface area contributed by atoms with Gasteiger partial charge in [0.1, 0.15) is 6.33 Å². The van der Waals surface area contributed by atoms with Crippen LogP contribution in [0.2, 0.25) is 0 Å². The Bertz CT molecular complexity index is 809. The molecule has 2 heterocycles. The molecule has 1 amide bonds. The zero-order valence-corrected chi connectivity index (χ0v) is 15.9. The molecular weight excluding hydrogens is 354 g/mol. The summed E-state index contributed by atoms with van der Waals surface area (Å²) >= 11 is 3.14. The van der Waals surface area contributed by atoms with E-state index < -0.39 is 0 Å². The van der Waals surface area contributed by atoms with Crippen molar-refractivity contribution in [3.05, 3.63) is 35.6 Å². The Balaban J connectivity index is 1.38. The van der Waals surface area contributed by atoms with E-state index in [2.05, 4.69) is 40.4 Å². The Kier molecular flexibility index (Phi) is 6.04. The summed E-state index contributed by atoms with van der Waals surface area (Å²) in [6, 6.07) is 8.44. The molecule has 0 bridgehead atoms. The first kappa shape index (κ1) is 17.9. The minimum Gasteiger partial charge on any atom is -0.355 e. The highest BCUT2D eigenvalue weighted by Gasteiger charge is 2.10. The van der Waals surface area contributed by atoms with Crippen LogP contribution in [0.5, 0.6) is 0 Å². The molecule has 0 aliphatic carbocycles. The number of nitrogens with one attached hydrogen (secondary N) is 1. The first-order valence-electron chi connectivity index (χ1n) is 8.27. The van der Waals surface area contributed by atoms with Gasteiger partial charge in [0.25, 0.3) is 0 Å². The summed E-state index contributed by atoms with van der Waals surface area (Å²) < 4.78 is 3.18. The van der Waals surface area contributed by atoms with E-state index in [1.165, 1.54) is 16.5 Å². The third-order valence-corrected chi connectivity index (χ3v) is 5.71. The van der Waals surface area contributed by atoms with Crippen LogP contribution in [0.4, 0.5) is 0 Å². The molecule has 0 saturated heterocycles. The van der Waals surface area contributed by atoms with Crippen molar-refractivity contribution in [2.75, 3.05) is 12.3 Å². The Labute approximate surface area is 155 Å². The van der Waals surface area contributed by atoms with E-state index in [9.17, 15) is 4.79 Å². The normalized spacial score (nSPS) is 11.3. The fourth-order valence-corrected chi connectivity index (χ4v) is 4.25. The van der Waals surface area contributed by atoms with Gasteiger partial charge >= 0.3 is 0 Å². The van der Waals surface area contributed by atoms with E-state index in [1.54, 1.807) is 17.7 Å². The molecule has 2 aromatic heterocycles. The smallest absolute Gasteiger partial charge is 0.230 e. The number of amides is 1. The number of rotatable bonds is 8. The van der Waals surface area contributed by atoms with Crippen molar-refractivity contribution in [2.24, 2.45) is 0 Å². The fraction of sp³-hybridized carbons (Fsp3) is 0.412. The molecule has 0 unspecified atom stereocenters. The van der Waals surface area contributed by atoms with Crippen LogP contribution < -0.4 is 5.32 Å². The Hall–Kier alpha value is -1.93. The van der Waals surface area contributed by atoms with Gasteiger partial charge in [-0.2, -0.15) is 0 Å². The van der Waals surface area contributed by atoms with E-state index >= 15 is 0 Å². The van der Waals surface area contributed by atoms with Crippen LogP contribution in [-0.2, 0) is 11.2 Å². The number of fused-ring (bicyclic) bond motifs is 1. The van der Waals surface area contributed by atoms with Crippen LogP contribution in [0.3, 0.4) is 0 Å². The second kappa shape index (κ2) is 8.44. The number of para-hydroxylation sites is 1. The number of carbonyl (C=O) groups excluding carboxylic acids is 1. The molecule has 0 aliphatic heterocycles. The SMILES string of the molecule is CC(C)n1cnnc1SCC(=O)NCCCc1nc2ccccc2s1. The number of hydrogen-bond donors (Lipinski definition) is 1. The molecule has 25 heavy (non-hydrogen) atoms. The molecule has 3 aromatic rings. The lowest BCUT2D eigenvalue weighted by atomic mass is 10.3. The Morgan fingerprint density at radius 1 is 1.36 bits per heavy atom. The van der Waals surface area contributed by atoms with Crippen LogP contribution >= 0.6 is 23.1 Å². The second-order valence-corrected chi connectivity index (χ2v) is 7.99. The molecular formula is C17H21N5OS2. The highest BCUT2D eigenvalue weighted by atomic mass is 32.2. The van der Waals surface area contributed by atoms with Gasteiger partial charge < -0.3 is 9.88 Å². The molecule has 6 nitrogen and oxygen atoms in total. The summed E-state index contributed by atoms with van der Waals surface area (Å²) in [5, 5.41) is 12.8. The van der Waals surface area contributed by atoms with E-state index in [1.807, 2.05) is 22.8 Å². The first-order valence-corrected chi connectivity index (χ1v) is 10.1. The van der Waals surface area contributed by atoms with Gasteiger partial charge in [-0.25, -0.2) is 4.98 Å². The van der Waals surface area contributed by atoms with Gasteiger partial charge in [0, 0.05) is 19.0 Å². The third-order valence-electron chi connectivity index (χ3n) is 3.66. The number of aryl methyl sites for hydroxylation is 1. The number of thioether (sulfide) groups is 1. The van der Waals surface area contributed by atoms with Crippen LogP contribution in [0, 0.1) is 0 Å². The monoisotopic (exact) mass is 375 g/mol. The zero-order valence-electron chi connectivity index (χ0n) is 14.3. The van der Waals surface area contributed by atoms with Gasteiger partial charge in [-0.15, -0.1) is 21.5 Å².